The Hall–Kier alpha value is -2.69. The monoisotopic (exact) mass is 637 g/mol. The van der Waals surface area contributed by atoms with Crippen LogP contribution in [0.15, 0.2) is 61.2 Å². The van der Waals surface area contributed by atoms with Crippen molar-refractivity contribution in [3.05, 3.63) is 90.0 Å². The number of imidazole rings is 1. The van der Waals surface area contributed by atoms with Crippen LogP contribution in [-0.4, -0.2) is 14.5 Å². The van der Waals surface area contributed by atoms with E-state index in [2.05, 4.69) is 48.3 Å². The first kappa shape index (κ1) is 25.9. The maximum atomic E-state index is 14.7. The average molecular weight is 637 g/mol. The van der Waals surface area contributed by atoms with E-state index >= 15 is 0 Å². The maximum Gasteiger partial charge on any atom is 0.133 e. The van der Waals surface area contributed by atoms with Gasteiger partial charge in [0, 0.05) is 38.2 Å². The fraction of sp³-hybridized carbons (Fsp3) is 0.286. The number of hydrogen-bond acceptors (Lipinski definition) is 2. The molecule has 0 fully saturated rings. The van der Waals surface area contributed by atoms with Crippen molar-refractivity contribution < 1.29 is 28.9 Å². The number of nitrogens with zero attached hydrogens (tertiary/aromatic N) is 3. The first-order valence-corrected chi connectivity index (χ1v) is 11.3. The minimum Gasteiger partial charge on any atom is -0.360 e. The summed E-state index contributed by atoms with van der Waals surface area (Å²) in [6.07, 6.45) is 8.65. The molecule has 0 amide bonds. The average Bonchev–Trinajstić information content (AvgIpc) is 3.22. The van der Waals surface area contributed by atoms with E-state index in [4.69, 9.17) is 0 Å². The molecule has 0 atom stereocenters. The fourth-order valence-corrected chi connectivity index (χ4v) is 4.31. The minimum absolute atomic E-state index is 0. The van der Waals surface area contributed by atoms with Gasteiger partial charge in [-0.2, -0.15) is 0 Å². The van der Waals surface area contributed by atoms with Crippen LogP contribution in [0.4, 0.5) is 8.78 Å². The second-order valence-corrected chi connectivity index (χ2v) is 9.21. The Morgan fingerprint density at radius 1 is 0.941 bits per heavy atom. The molecule has 4 aromatic rings. The van der Waals surface area contributed by atoms with E-state index in [1.54, 1.807) is 24.7 Å². The molecule has 0 aliphatic rings. The second-order valence-electron chi connectivity index (χ2n) is 9.21. The standard InChI is InChI=1S/C28H28F2N3.Ir/c1-18(2)13-22-15-21(26-24(29)8-5-9-25(26)30)16-23(14-19(3)4)27(22)33-12-11-32-28(33)20-7-6-10-31-17-20;/h5-6,8-12,15-19H,13-14H2,1-4H3;/q-1;. The quantitative estimate of drug-likeness (QED) is 0.203. The van der Waals surface area contributed by atoms with E-state index in [-0.39, 0.29) is 25.7 Å². The van der Waals surface area contributed by atoms with Crippen LogP contribution in [0.5, 0.6) is 0 Å². The van der Waals surface area contributed by atoms with Crippen molar-refractivity contribution in [1.82, 2.24) is 14.5 Å². The number of benzene rings is 2. The summed E-state index contributed by atoms with van der Waals surface area (Å²) in [6.45, 7) is 8.58. The van der Waals surface area contributed by atoms with Crippen LogP contribution < -0.4 is 0 Å². The zero-order valence-electron chi connectivity index (χ0n) is 19.8. The van der Waals surface area contributed by atoms with Gasteiger partial charge in [-0.05, 0) is 65.6 Å². The van der Waals surface area contributed by atoms with Crippen molar-refractivity contribution in [2.24, 2.45) is 11.8 Å². The van der Waals surface area contributed by atoms with Crippen molar-refractivity contribution in [2.45, 2.75) is 40.5 Å². The molecule has 2 aromatic carbocycles. The number of pyridine rings is 1. The molecule has 0 aliphatic carbocycles. The molecule has 0 N–H and O–H groups in total. The van der Waals surface area contributed by atoms with Gasteiger partial charge in [-0.25, -0.2) is 8.78 Å². The summed E-state index contributed by atoms with van der Waals surface area (Å²) >= 11 is 0. The van der Waals surface area contributed by atoms with E-state index in [0.29, 0.717) is 17.4 Å². The smallest absolute Gasteiger partial charge is 0.133 e. The molecule has 34 heavy (non-hydrogen) atoms. The number of halogens is 2. The molecule has 6 heteroatoms. The predicted molar refractivity (Wildman–Crippen MR) is 128 cm³/mol. The zero-order chi connectivity index (χ0) is 23.5. The molecule has 1 radical (unpaired) electrons. The molecule has 0 saturated heterocycles. The van der Waals surface area contributed by atoms with Gasteiger partial charge in [-0.1, -0.05) is 51.7 Å². The van der Waals surface area contributed by atoms with E-state index in [9.17, 15) is 8.78 Å². The molecule has 2 heterocycles. The van der Waals surface area contributed by atoms with Crippen LogP contribution in [0.1, 0.15) is 38.8 Å². The van der Waals surface area contributed by atoms with Gasteiger partial charge >= 0.3 is 0 Å². The molecule has 2 aromatic heterocycles. The van der Waals surface area contributed by atoms with Crippen molar-refractivity contribution in [2.75, 3.05) is 0 Å². The van der Waals surface area contributed by atoms with Gasteiger partial charge in [0.1, 0.15) is 11.6 Å². The Morgan fingerprint density at radius 2 is 1.56 bits per heavy atom. The Kier molecular flexibility index (Phi) is 8.51. The van der Waals surface area contributed by atoms with Crippen molar-refractivity contribution >= 4 is 0 Å². The third-order valence-electron chi connectivity index (χ3n) is 5.50. The summed E-state index contributed by atoms with van der Waals surface area (Å²) < 4.78 is 31.5. The minimum atomic E-state index is -0.554. The van der Waals surface area contributed by atoms with Crippen LogP contribution in [0, 0.1) is 29.5 Å². The maximum absolute atomic E-state index is 14.7. The van der Waals surface area contributed by atoms with Crippen LogP contribution in [0.2, 0.25) is 0 Å². The van der Waals surface area contributed by atoms with Crippen molar-refractivity contribution in [1.29, 1.82) is 0 Å². The van der Waals surface area contributed by atoms with Crippen LogP contribution >= 0.6 is 0 Å². The summed E-state index contributed by atoms with van der Waals surface area (Å²) in [4.78, 5) is 8.81. The molecular formula is C28H28F2IrN3-. The Morgan fingerprint density at radius 3 is 2.09 bits per heavy atom. The topological polar surface area (TPSA) is 30.7 Å². The van der Waals surface area contributed by atoms with Gasteiger partial charge in [0.25, 0.3) is 0 Å². The van der Waals surface area contributed by atoms with E-state index < -0.39 is 11.6 Å². The summed E-state index contributed by atoms with van der Waals surface area (Å²) in [6, 6.07) is 12.8. The molecule has 0 unspecified atom stereocenters. The van der Waals surface area contributed by atoms with Crippen molar-refractivity contribution in [3.8, 4) is 28.2 Å². The molecule has 0 bridgehead atoms. The summed E-state index contributed by atoms with van der Waals surface area (Å²) in [5.74, 6) is 0.341. The zero-order valence-corrected chi connectivity index (χ0v) is 22.2. The van der Waals surface area contributed by atoms with Gasteiger partial charge in [0.05, 0.1) is 11.4 Å². The van der Waals surface area contributed by atoms with Gasteiger partial charge < -0.3 is 9.55 Å². The molecule has 179 valence electrons. The summed E-state index contributed by atoms with van der Waals surface area (Å²) in [5.41, 5.74) is 4.45. The number of hydrogen-bond donors (Lipinski definition) is 0. The van der Waals surface area contributed by atoms with E-state index in [1.165, 1.54) is 18.2 Å². The molecule has 0 saturated carbocycles. The predicted octanol–water partition coefficient (Wildman–Crippen LogP) is 7.07. The SMILES string of the molecule is CC(C)Cc1cc(-c2c(F)cccc2F)cc(CC(C)C)c1-n1ccnc1-c1[c-]ccnc1.[Ir]. The third-order valence-corrected chi connectivity index (χ3v) is 5.50. The van der Waals surface area contributed by atoms with Crippen molar-refractivity contribution in [3.63, 3.8) is 0 Å². The summed E-state index contributed by atoms with van der Waals surface area (Å²) in [7, 11) is 0. The molecule has 0 aliphatic heterocycles. The Balaban J connectivity index is 0.00000324. The molecule has 0 spiro atoms. The van der Waals surface area contributed by atoms with E-state index in [1.807, 2.05) is 18.3 Å². The van der Waals surface area contributed by atoms with Crippen LogP contribution in [-0.2, 0) is 32.9 Å². The fourth-order valence-electron chi connectivity index (χ4n) is 4.31. The van der Waals surface area contributed by atoms with Gasteiger partial charge in [-0.15, -0.1) is 12.1 Å². The second kappa shape index (κ2) is 11.2. The Bertz CT molecular complexity index is 1200. The van der Waals surface area contributed by atoms with Gasteiger partial charge in [0.15, 0.2) is 0 Å². The third kappa shape index (κ3) is 5.51. The van der Waals surface area contributed by atoms with E-state index in [0.717, 1.165) is 41.0 Å². The molecule has 4 rings (SSSR count). The normalized spacial score (nSPS) is 11.2. The first-order valence-electron chi connectivity index (χ1n) is 11.3. The number of rotatable bonds is 7. The van der Waals surface area contributed by atoms with Gasteiger partial charge in [-0.3, -0.25) is 4.98 Å². The number of aromatic nitrogens is 3. The summed E-state index contributed by atoms with van der Waals surface area (Å²) in [5, 5.41) is 0. The van der Waals surface area contributed by atoms with Gasteiger partial charge in [0.2, 0.25) is 0 Å². The van der Waals surface area contributed by atoms with Crippen LogP contribution in [0.3, 0.4) is 0 Å². The van der Waals surface area contributed by atoms with Crippen LogP contribution in [0.25, 0.3) is 28.2 Å². The molecular weight excluding hydrogens is 609 g/mol. The Labute approximate surface area is 213 Å². The largest absolute Gasteiger partial charge is 0.360 e. The first-order chi connectivity index (χ1) is 15.8. The molecule has 3 nitrogen and oxygen atoms in total.